The molecule has 3 aromatic carbocycles. The summed E-state index contributed by atoms with van der Waals surface area (Å²) < 4.78 is 38.4. The van der Waals surface area contributed by atoms with Crippen molar-refractivity contribution in [1.29, 1.82) is 0 Å². The number of hydrogen-bond acceptors (Lipinski definition) is 6. The van der Waals surface area contributed by atoms with Crippen LogP contribution in [0.5, 0.6) is 11.5 Å². The molecule has 1 N–H and O–H groups in total. The highest BCUT2D eigenvalue weighted by Crippen LogP contribution is 2.36. The average Bonchev–Trinajstić information content (AvgIpc) is 3.45. The van der Waals surface area contributed by atoms with E-state index in [1.807, 2.05) is 68.4 Å². The molecule has 43 heavy (non-hydrogen) atoms. The Morgan fingerprint density at radius 1 is 0.977 bits per heavy atom. The Kier molecular flexibility index (Phi) is 11.1. The van der Waals surface area contributed by atoms with Gasteiger partial charge in [-0.1, -0.05) is 65.3 Å². The van der Waals surface area contributed by atoms with E-state index in [1.165, 1.54) is 4.31 Å². The molecule has 3 aromatic rings. The first kappa shape index (κ1) is 32.3. The zero-order chi connectivity index (χ0) is 31.0. The third-order valence-corrected chi connectivity index (χ3v) is 9.00. The largest absolute Gasteiger partial charge is 0.454 e. The van der Waals surface area contributed by atoms with Crippen LogP contribution in [0.3, 0.4) is 0 Å². The van der Waals surface area contributed by atoms with E-state index >= 15 is 0 Å². The van der Waals surface area contributed by atoms with Crippen molar-refractivity contribution in [1.82, 2.24) is 10.2 Å². The predicted octanol–water partition coefficient (Wildman–Crippen LogP) is 5.28. The van der Waals surface area contributed by atoms with Crippen molar-refractivity contribution in [3.05, 3.63) is 88.4 Å². The van der Waals surface area contributed by atoms with Crippen LogP contribution in [0.4, 0.5) is 5.69 Å². The molecule has 1 heterocycles. The molecular weight excluding hydrogens is 634 g/mol. The van der Waals surface area contributed by atoms with Crippen molar-refractivity contribution in [3.8, 4) is 11.5 Å². The lowest BCUT2D eigenvalue weighted by atomic mass is 10.0. The number of sulfonamides is 1. The van der Waals surface area contributed by atoms with E-state index in [2.05, 4.69) is 21.2 Å². The van der Waals surface area contributed by atoms with Crippen molar-refractivity contribution in [2.24, 2.45) is 0 Å². The van der Waals surface area contributed by atoms with Crippen molar-refractivity contribution < 1.29 is 27.5 Å². The van der Waals surface area contributed by atoms with Gasteiger partial charge in [0.15, 0.2) is 11.5 Å². The van der Waals surface area contributed by atoms with Crippen LogP contribution in [0.2, 0.25) is 0 Å². The number of hydrogen-bond donors (Lipinski definition) is 1. The Balaban J connectivity index is 1.58. The molecule has 2 atom stereocenters. The minimum absolute atomic E-state index is 0.0481. The van der Waals surface area contributed by atoms with Gasteiger partial charge in [-0.05, 0) is 55.2 Å². The molecular formula is C32H38BrN3O6S. The van der Waals surface area contributed by atoms with Crippen LogP contribution < -0.4 is 19.1 Å². The Labute approximate surface area is 262 Å². The van der Waals surface area contributed by atoms with Crippen LogP contribution in [0, 0.1) is 0 Å². The maximum absolute atomic E-state index is 14.0. The van der Waals surface area contributed by atoms with Gasteiger partial charge in [-0.3, -0.25) is 13.9 Å². The van der Waals surface area contributed by atoms with Crippen LogP contribution >= 0.6 is 15.9 Å². The molecule has 0 radical (unpaired) electrons. The van der Waals surface area contributed by atoms with Crippen molar-refractivity contribution in [2.45, 2.75) is 58.2 Å². The molecule has 0 saturated carbocycles. The number of benzene rings is 3. The second-order valence-corrected chi connectivity index (χ2v) is 13.5. The lowest BCUT2D eigenvalue weighted by molar-refractivity contribution is -0.141. The maximum Gasteiger partial charge on any atom is 0.243 e. The van der Waals surface area contributed by atoms with Gasteiger partial charge < -0.3 is 19.7 Å². The molecule has 0 bridgehead atoms. The Bertz CT molecular complexity index is 1520. The van der Waals surface area contributed by atoms with Gasteiger partial charge in [0.25, 0.3) is 0 Å². The quantitative estimate of drug-likeness (QED) is 0.250. The van der Waals surface area contributed by atoms with E-state index < -0.39 is 16.1 Å². The maximum atomic E-state index is 14.0. The number of anilines is 1. The SMILES string of the molecule is CCC(C)NC(=O)C(Cc1ccccc1)N(Cc1cccc(Br)c1)C(=O)CCCN(c1ccc2c(c1)OCO2)S(C)(=O)=O. The molecule has 11 heteroatoms. The van der Waals surface area contributed by atoms with Gasteiger partial charge in [-0.2, -0.15) is 0 Å². The summed E-state index contributed by atoms with van der Waals surface area (Å²) >= 11 is 3.51. The first-order valence-electron chi connectivity index (χ1n) is 14.3. The molecule has 2 unspecified atom stereocenters. The van der Waals surface area contributed by atoms with E-state index in [4.69, 9.17) is 9.47 Å². The fourth-order valence-corrected chi connectivity index (χ4v) is 6.28. The number of halogens is 1. The standard InChI is InChI=1S/C32H38BrN3O6S/c1-4-23(2)34-32(38)28(19-24-10-6-5-7-11-24)35(21-25-12-8-13-26(33)18-25)31(37)14-9-17-36(43(3,39)40)27-15-16-29-30(20-27)42-22-41-29/h5-8,10-13,15-16,18,20,23,28H,4,9,14,17,19,21-22H2,1-3H3,(H,34,38). The van der Waals surface area contributed by atoms with Crippen molar-refractivity contribution in [2.75, 3.05) is 23.9 Å². The Hall–Kier alpha value is -3.57. The zero-order valence-electron chi connectivity index (χ0n) is 24.7. The lowest BCUT2D eigenvalue weighted by Gasteiger charge is -2.32. The van der Waals surface area contributed by atoms with Crippen molar-refractivity contribution >= 4 is 43.5 Å². The highest BCUT2D eigenvalue weighted by Gasteiger charge is 2.31. The van der Waals surface area contributed by atoms with Crippen molar-refractivity contribution in [3.63, 3.8) is 0 Å². The summed E-state index contributed by atoms with van der Waals surface area (Å²) in [6.07, 6.45) is 2.53. The van der Waals surface area contributed by atoms with Gasteiger partial charge in [-0.15, -0.1) is 0 Å². The number of nitrogens with one attached hydrogen (secondary N) is 1. The van der Waals surface area contributed by atoms with Crippen LogP contribution in [-0.4, -0.2) is 56.8 Å². The number of amides is 2. The average molecular weight is 673 g/mol. The second-order valence-electron chi connectivity index (χ2n) is 10.7. The van der Waals surface area contributed by atoms with Gasteiger partial charge in [0, 0.05) is 42.5 Å². The van der Waals surface area contributed by atoms with Gasteiger partial charge in [0.1, 0.15) is 6.04 Å². The van der Waals surface area contributed by atoms with Crippen LogP contribution in [0.1, 0.15) is 44.2 Å². The summed E-state index contributed by atoms with van der Waals surface area (Å²) in [6.45, 7) is 4.32. The van der Waals surface area contributed by atoms with Gasteiger partial charge in [0.05, 0.1) is 11.9 Å². The van der Waals surface area contributed by atoms with Gasteiger partial charge in [-0.25, -0.2) is 8.42 Å². The fourth-order valence-electron chi connectivity index (χ4n) is 4.87. The van der Waals surface area contributed by atoms with Crippen LogP contribution in [0.25, 0.3) is 0 Å². The third-order valence-electron chi connectivity index (χ3n) is 7.31. The number of rotatable bonds is 14. The zero-order valence-corrected chi connectivity index (χ0v) is 27.1. The Morgan fingerprint density at radius 3 is 2.40 bits per heavy atom. The van der Waals surface area contributed by atoms with E-state index in [0.29, 0.717) is 23.6 Å². The number of ether oxygens (including phenoxy) is 2. The minimum atomic E-state index is -3.65. The molecule has 0 aromatic heterocycles. The Morgan fingerprint density at radius 2 is 1.70 bits per heavy atom. The van der Waals surface area contributed by atoms with Gasteiger partial charge in [0.2, 0.25) is 28.6 Å². The molecule has 0 aliphatic carbocycles. The molecule has 2 amide bonds. The molecule has 1 aliphatic rings. The summed E-state index contributed by atoms with van der Waals surface area (Å²) in [6, 6.07) is 21.4. The number of carbonyl (C=O) groups is 2. The molecule has 0 spiro atoms. The normalized spacial score (nSPS) is 13.7. The highest BCUT2D eigenvalue weighted by atomic mass is 79.9. The lowest BCUT2D eigenvalue weighted by Crippen LogP contribution is -2.52. The molecule has 0 fully saturated rings. The van der Waals surface area contributed by atoms with E-state index in [1.54, 1.807) is 23.1 Å². The second kappa shape index (κ2) is 14.7. The molecule has 4 rings (SSSR count). The van der Waals surface area contributed by atoms with E-state index in [9.17, 15) is 18.0 Å². The highest BCUT2D eigenvalue weighted by molar-refractivity contribution is 9.10. The smallest absolute Gasteiger partial charge is 0.243 e. The first-order valence-corrected chi connectivity index (χ1v) is 16.9. The van der Waals surface area contributed by atoms with Crippen LogP contribution in [0.15, 0.2) is 77.3 Å². The minimum Gasteiger partial charge on any atom is -0.454 e. The monoisotopic (exact) mass is 671 g/mol. The first-order chi connectivity index (χ1) is 20.5. The summed E-state index contributed by atoms with van der Waals surface area (Å²) in [5.41, 5.74) is 2.24. The number of carbonyl (C=O) groups excluding carboxylic acids is 2. The number of fused-ring (bicyclic) bond motifs is 1. The van der Waals surface area contributed by atoms with Crippen LogP contribution in [-0.2, 0) is 32.6 Å². The van der Waals surface area contributed by atoms with Gasteiger partial charge >= 0.3 is 0 Å². The molecule has 0 saturated heterocycles. The number of nitrogens with zero attached hydrogens (tertiary/aromatic N) is 2. The molecule has 230 valence electrons. The molecule has 9 nitrogen and oxygen atoms in total. The third kappa shape index (κ3) is 8.96. The summed E-state index contributed by atoms with van der Waals surface area (Å²) in [5, 5.41) is 3.07. The summed E-state index contributed by atoms with van der Waals surface area (Å²) in [5.74, 6) is 0.563. The van der Waals surface area contributed by atoms with E-state index in [0.717, 1.165) is 28.3 Å². The molecule has 1 aliphatic heterocycles. The fraction of sp³-hybridized carbons (Fsp3) is 0.375. The van der Waals surface area contributed by atoms with E-state index in [-0.39, 0.29) is 50.6 Å². The topological polar surface area (TPSA) is 105 Å². The predicted molar refractivity (Wildman–Crippen MR) is 171 cm³/mol. The summed E-state index contributed by atoms with van der Waals surface area (Å²) in [4.78, 5) is 29.3. The summed E-state index contributed by atoms with van der Waals surface area (Å²) in [7, 11) is -3.65.